The van der Waals surface area contributed by atoms with Crippen molar-refractivity contribution in [2.75, 3.05) is 7.11 Å². The molecule has 1 aromatic carbocycles. The van der Waals surface area contributed by atoms with Crippen LogP contribution in [-0.4, -0.2) is 33.1 Å². The molecule has 0 amide bonds. The second kappa shape index (κ2) is 7.83. The first-order valence-electron chi connectivity index (χ1n) is 8.92. The highest BCUT2D eigenvalue weighted by atomic mass is 19.3. The van der Waals surface area contributed by atoms with Gasteiger partial charge in [0.1, 0.15) is 5.75 Å². The van der Waals surface area contributed by atoms with Crippen molar-refractivity contribution in [3.8, 4) is 22.9 Å². The van der Waals surface area contributed by atoms with E-state index in [1.807, 2.05) is 23.6 Å². The molecule has 0 N–H and O–H groups in total. The van der Waals surface area contributed by atoms with Gasteiger partial charge in [0.05, 0.1) is 30.4 Å². The van der Waals surface area contributed by atoms with Gasteiger partial charge in [-0.05, 0) is 19.1 Å². The van der Waals surface area contributed by atoms with Crippen LogP contribution in [0.4, 0.5) is 8.78 Å². The monoisotopic (exact) mass is 396 g/mol. The summed E-state index contributed by atoms with van der Waals surface area (Å²) in [4.78, 5) is 13.2. The maximum atomic E-state index is 12.7. The van der Waals surface area contributed by atoms with Crippen LogP contribution < -0.4 is 9.47 Å². The third-order valence-corrected chi connectivity index (χ3v) is 4.60. The van der Waals surface area contributed by atoms with Gasteiger partial charge in [0.25, 0.3) is 0 Å². The molecule has 0 atom stereocenters. The van der Waals surface area contributed by atoms with E-state index in [1.54, 1.807) is 43.8 Å². The summed E-state index contributed by atoms with van der Waals surface area (Å²) in [5.41, 5.74) is 4.53. The van der Waals surface area contributed by atoms with Crippen molar-refractivity contribution in [2.45, 2.75) is 20.0 Å². The highest BCUT2D eigenvalue weighted by Gasteiger charge is 2.15. The Labute approximate surface area is 165 Å². The lowest BCUT2D eigenvalue weighted by Gasteiger charge is -2.11. The average Bonchev–Trinajstić information content (AvgIpc) is 3.03. The molecule has 0 aliphatic heterocycles. The molecule has 0 bridgehead atoms. The van der Waals surface area contributed by atoms with E-state index in [2.05, 4.69) is 19.7 Å². The second-order valence-electron chi connectivity index (χ2n) is 6.40. The number of halogens is 2. The Hall–Kier alpha value is -3.55. The molecule has 3 aromatic heterocycles. The fourth-order valence-electron chi connectivity index (χ4n) is 3.18. The Morgan fingerprint density at radius 1 is 1.07 bits per heavy atom. The molecule has 148 valence electrons. The van der Waals surface area contributed by atoms with Gasteiger partial charge in [-0.3, -0.25) is 9.38 Å². The van der Waals surface area contributed by atoms with E-state index in [9.17, 15) is 8.78 Å². The topological polar surface area (TPSA) is 61.5 Å². The Morgan fingerprint density at radius 2 is 1.90 bits per heavy atom. The molecule has 0 spiro atoms. The van der Waals surface area contributed by atoms with Crippen LogP contribution in [-0.2, 0) is 6.42 Å². The number of imidazole rings is 1. The lowest BCUT2D eigenvalue weighted by atomic mass is 10.1. The molecule has 0 unspecified atom stereocenters. The van der Waals surface area contributed by atoms with Gasteiger partial charge in [-0.25, -0.2) is 9.97 Å². The molecule has 29 heavy (non-hydrogen) atoms. The lowest BCUT2D eigenvalue weighted by Crippen LogP contribution is -2.06. The predicted octanol–water partition coefficient (Wildman–Crippen LogP) is 4.30. The fourth-order valence-corrected chi connectivity index (χ4v) is 3.18. The van der Waals surface area contributed by atoms with Crippen molar-refractivity contribution in [2.24, 2.45) is 0 Å². The van der Waals surface area contributed by atoms with E-state index < -0.39 is 6.61 Å². The highest BCUT2D eigenvalue weighted by Crippen LogP contribution is 2.26. The molecule has 0 aliphatic carbocycles. The van der Waals surface area contributed by atoms with Crippen LogP contribution in [0.2, 0.25) is 0 Å². The summed E-state index contributed by atoms with van der Waals surface area (Å²) in [6.07, 6.45) is 5.62. The van der Waals surface area contributed by atoms with Gasteiger partial charge in [0, 0.05) is 36.0 Å². The van der Waals surface area contributed by atoms with Crippen molar-refractivity contribution in [1.29, 1.82) is 0 Å². The highest BCUT2D eigenvalue weighted by molar-refractivity contribution is 5.59. The van der Waals surface area contributed by atoms with Crippen LogP contribution in [0.3, 0.4) is 0 Å². The molecule has 0 saturated heterocycles. The molecule has 0 radical (unpaired) electrons. The van der Waals surface area contributed by atoms with Crippen molar-refractivity contribution >= 4 is 5.65 Å². The van der Waals surface area contributed by atoms with Crippen LogP contribution in [0.15, 0.2) is 55.0 Å². The Kier molecular flexibility index (Phi) is 5.07. The third kappa shape index (κ3) is 3.87. The van der Waals surface area contributed by atoms with E-state index in [1.165, 1.54) is 6.07 Å². The van der Waals surface area contributed by atoms with Crippen LogP contribution in [0, 0.1) is 6.92 Å². The van der Waals surface area contributed by atoms with Gasteiger partial charge in [-0.1, -0.05) is 18.2 Å². The minimum absolute atomic E-state index is 0.158. The summed E-state index contributed by atoms with van der Waals surface area (Å²) in [5.74, 6) is 0.676. The fraction of sp³-hybridized carbons (Fsp3) is 0.190. The number of para-hydroxylation sites is 1. The zero-order valence-corrected chi connectivity index (χ0v) is 15.8. The van der Waals surface area contributed by atoms with Gasteiger partial charge < -0.3 is 9.47 Å². The summed E-state index contributed by atoms with van der Waals surface area (Å²) in [6.45, 7) is -0.995. The van der Waals surface area contributed by atoms with Crippen molar-refractivity contribution < 1.29 is 18.3 Å². The normalized spacial score (nSPS) is 11.2. The first-order chi connectivity index (χ1) is 14.0. The van der Waals surface area contributed by atoms with Crippen LogP contribution in [0.5, 0.6) is 11.6 Å². The summed E-state index contributed by atoms with van der Waals surface area (Å²) in [6, 6.07) is 10.4. The number of alkyl halides is 2. The number of hydrogen-bond acceptors (Lipinski definition) is 5. The van der Waals surface area contributed by atoms with Crippen molar-refractivity contribution in [3.05, 3.63) is 71.9 Å². The number of methoxy groups -OCH3 is 1. The SMILES string of the molecule is COc1ccc(-c2cn3c(Cc4ccccc4OC(F)F)c(C)nc3cn2)cn1. The quantitative estimate of drug-likeness (QED) is 0.486. The summed E-state index contributed by atoms with van der Waals surface area (Å²) in [5, 5.41) is 0. The number of nitrogens with zero attached hydrogens (tertiary/aromatic N) is 4. The standard InChI is InChI=1S/C21H18F2N4O2/c1-13-17(9-14-5-3-4-6-18(14)29-21(22)23)27-12-16(24-11-19(27)26-13)15-7-8-20(28-2)25-10-15/h3-8,10-12,21H,9H2,1-2H3. The lowest BCUT2D eigenvalue weighted by molar-refractivity contribution is -0.0503. The zero-order valence-electron chi connectivity index (χ0n) is 15.8. The average molecular weight is 396 g/mol. The van der Waals surface area contributed by atoms with Gasteiger partial charge in [0.15, 0.2) is 5.65 Å². The van der Waals surface area contributed by atoms with Gasteiger partial charge >= 0.3 is 6.61 Å². The number of hydrogen-bond donors (Lipinski definition) is 0. The van der Waals surface area contributed by atoms with Crippen LogP contribution in [0.25, 0.3) is 16.9 Å². The van der Waals surface area contributed by atoms with E-state index in [0.29, 0.717) is 29.2 Å². The number of ether oxygens (including phenoxy) is 2. The number of aromatic nitrogens is 4. The molecule has 0 saturated carbocycles. The second-order valence-corrected chi connectivity index (χ2v) is 6.40. The van der Waals surface area contributed by atoms with Crippen LogP contribution in [0.1, 0.15) is 17.0 Å². The summed E-state index contributed by atoms with van der Waals surface area (Å²) >= 11 is 0. The number of benzene rings is 1. The smallest absolute Gasteiger partial charge is 0.387 e. The number of aryl methyl sites for hydroxylation is 1. The predicted molar refractivity (Wildman–Crippen MR) is 103 cm³/mol. The maximum Gasteiger partial charge on any atom is 0.387 e. The Balaban J connectivity index is 1.74. The molecule has 6 nitrogen and oxygen atoms in total. The van der Waals surface area contributed by atoms with Crippen molar-refractivity contribution in [3.63, 3.8) is 0 Å². The largest absolute Gasteiger partial charge is 0.481 e. The summed E-state index contributed by atoms with van der Waals surface area (Å²) < 4.78 is 37.2. The molecular weight excluding hydrogens is 378 g/mol. The number of rotatable bonds is 6. The van der Waals surface area contributed by atoms with Gasteiger partial charge in [0.2, 0.25) is 5.88 Å². The van der Waals surface area contributed by atoms with E-state index in [-0.39, 0.29) is 5.75 Å². The maximum absolute atomic E-state index is 12.7. The molecule has 3 heterocycles. The third-order valence-electron chi connectivity index (χ3n) is 4.60. The van der Waals surface area contributed by atoms with E-state index >= 15 is 0 Å². The Bertz CT molecular complexity index is 1140. The molecule has 8 heteroatoms. The first kappa shape index (κ1) is 18.8. The molecule has 0 aliphatic rings. The van der Waals surface area contributed by atoms with E-state index in [4.69, 9.17) is 4.74 Å². The molecule has 4 aromatic rings. The van der Waals surface area contributed by atoms with E-state index in [0.717, 1.165) is 17.0 Å². The number of pyridine rings is 1. The zero-order chi connectivity index (χ0) is 20.4. The number of fused-ring (bicyclic) bond motifs is 1. The van der Waals surface area contributed by atoms with Gasteiger partial charge in [-0.15, -0.1) is 0 Å². The minimum Gasteiger partial charge on any atom is -0.481 e. The molecular formula is C21H18F2N4O2. The van der Waals surface area contributed by atoms with Gasteiger partial charge in [-0.2, -0.15) is 8.78 Å². The molecule has 0 fully saturated rings. The summed E-state index contributed by atoms with van der Waals surface area (Å²) in [7, 11) is 1.56. The Morgan fingerprint density at radius 3 is 2.62 bits per heavy atom. The van der Waals surface area contributed by atoms with Crippen LogP contribution >= 0.6 is 0 Å². The minimum atomic E-state index is -2.88. The molecule has 4 rings (SSSR count). The first-order valence-corrected chi connectivity index (χ1v) is 8.92. The van der Waals surface area contributed by atoms with Crippen molar-refractivity contribution in [1.82, 2.24) is 19.4 Å².